The summed E-state index contributed by atoms with van der Waals surface area (Å²) in [5, 5.41) is 8.87. The molecule has 21 heavy (non-hydrogen) atoms. The van der Waals surface area contributed by atoms with E-state index in [9.17, 15) is 4.79 Å². The van der Waals surface area contributed by atoms with E-state index in [4.69, 9.17) is 5.11 Å². The summed E-state index contributed by atoms with van der Waals surface area (Å²) >= 11 is 3.47. The minimum absolute atomic E-state index is 0.458. The molecule has 1 aliphatic heterocycles. The van der Waals surface area contributed by atoms with E-state index in [0.717, 1.165) is 22.3 Å². The monoisotopic (exact) mass is 351 g/mol. The summed E-state index contributed by atoms with van der Waals surface area (Å²) in [7, 11) is 0. The lowest BCUT2D eigenvalue weighted by molar-refractivity contribution is -0.131. The largest absolute Gasteiger partial charge is 0.478 e. The van der Waals surface area contributed by atoms with Gasteiger partial charge in [0.15, 0.2) is 0 Å². The number of benzene rings is 1. The Morgan fingerprint density at radius 2 is 2.10 bits per heavy atom. The maximum absolute atomic E-state index is 10.8. The van der Waals surface area contributed by atoms with E-state index in [-0.39, 0.29) is 0 Å². The molecular formula is C17H22BrNO2. The number of hydrogen-bond donors (Lipinski definition) is 1. The first-order valence-corrected chi connectivity index (χ1v) is 8.15. The molecular weight excluding hydrogens is 330 g/mol. The standard InChI is InChI=1S/C17H22BrNO2/c1-11-8-12(2)13(3)19(10-11)16-6-5-15(18)9-14(16)4-7-17(20)21/h4-7,9,11-13H,8,10H2,1-3H3,(H,20,21)/b7-4+. The van der Waals surface area contributed by atoms with Crippen LogP contribution < -0.4 is 4.90 Å². The highest BCUT2D eigenvalue weighted by atomic mass is 79.9. The highest BCUT2D eigenvalue weighted by Gasteiger charge is 2.29. The fourth-order valence-corrected chi connectivity index (χ4v) is 3.49. The molecule has 3 nitrogen and oxygen atoms in total. The summed E-state index contributed by atoms with van der Waals surface area (Å²) in [4.78, 5) is 13.2. The number of carboxylic acids is 1. The molecule has 1 saturated heterocycles. The molecule has 1 N–H and O–H groups in total. The minimum Gasteiger partial charge on any atom is -0.478 e. The summed E-state index contributed by atoms with van der Waals surface area (Å²) in [6, 6.07) is 6.53. The fraction of sp³-hybridized carbons (Fsp3) is 0.471. The van der Waals surface area contributed by atoms with E-state index < -0.39 is 5.97 Å². The van der Waals surface area contributed by atoms with E-state index in [1.54, 1.807) is 6.08 Å². The molecule has 0 aromatic heterocycles. The van der Waals surface area contributed by atoms with Gasteiger partial charge in [-0.25, -0.2) is 4.79 Å². The van der Waals surface area contributed by atoms with Crippen LogP contribution in [0, 0.1) is 11.8 Å². The molecule has 0 radical (unpaired) electrons. The van der Waals surface area contributed by atoms with Gasteiger partial charge in [0.1, 0.15) is 0 Å². The van der Waals surface area contributed by atoms with Crippen molar-refractivity contribution >= 4 is 33.7 Å². The van der Waals surface area contributed by atoms with Gasteiger partial charge in [0.2, 0.25) is 0 Å². The van der Waals surface area contributed by atoms with Crippen molar-refractivity contribution in [3.63, 3.8) is 0 Å². The van der Waals surface area contributed by atoms with Crippen LogP contribution in [0.5, 0.6) is 0 Å². The molecule has 1 aromatic carbocycles. The third-order valence-corrected chi connectivity index (χ3v) is 4.80. The smallest absolute Gasteiger partial charge is 0.328 e. The molecule has 3 unspecified atom stereocenters. The number of rotatable bonds is 3. The number of aliphatic carboxylic acids is 1. The van der Waals surface area contributed by atoms with Crippen LogP contribution in [0.15, 0.2) is 28.7 Å². The Labute approximate surface area is 134 Å². The zero-order valence-corrected chi connectivity index (χ0v) is 14.3. The maximum Gasteiger partial charge on any atom is 0.328 e. The van der Waals surface area contributed by atoms with Crippen LogP contribution in [0.3, 0.4) is 0 Å². The number of hydrogen-bond acceptors (Lipinski definition) is 2. The van der Waals surface area contributed by atoms with Crippen LogP contribution in [0.25, 0.3) is 6.08 Å². The minimum atomic E-state index is -0.922. The second-order valence-corrected chi connectivity index (χ2v) is 7.00. The Hall–Kier alpha value is -1.29. The summed E-state index contributed by atoms with van der Waals surface area (Å²) in [5.41, 5.74) is 2.06. The summed E-state index contributed by atoms with van der Waals surface area (Å²) < 4.78 is 0.960. The van der Waals surface area contributed by atoms with Gasteiger partial charge in [0.05, 0.1) is 0 Å². The van der Waals surface area contributed by atoms with Crippen molar-refractivity contribution in [2.24, 2.45) is 11.8 Å². The molecule has 0 spiro atoms. The maximum atomic E-state index is 10.8. The number of carbonyl (C=O) groups is 1. The molecule has 0 bridgehead atoms. The third kappa shape index (κ3) is 3.88. The number of carboxylic acid groups (broad SMARTS) is 1. The fourth-order valence-electron chi connectivity index (χ4n) is 3.11. The quantitative estimate of drug-likeness (QED) is 0.819. The van der Waals surface area contributed by atoms with Gasteiger partial charge in [-0.15, -0.1) is 0 Å². The van der Waals surface area contributed by atoms with Gasteiger partial charge in [-0.2, -0.15) is 0 Å². The molecule has 3 atom stereocenters. The first-order valence-electron chi connectivity index (χ1n) is 7.35. The van der Waals surface area contributed by atoms with E-state index in [1.807, 2.05) is 12.1 Å². The zero-order chi connectivity index (χ0) is 15.6. The molecule has 1 fully saturated rings. The van der Waals surface area contributed by atoms with Gasteiger partial charge >= 0.3 is 5.97 Å². The third-order valence-electron chi connectivity index (χ3n) is 4.30. The average Bonchev–Trinajstić information content (AvgIpc) is 2.41. The lowest BCUT2D eigenvalue weighted by atomic mass is 9.85. The van der Waals surface area contributed by atoms with Crippen LogP contribution in [-0.4, -0.2) is 23.7 Å². The topological polar surface area (TPSA) is 40.5 Å². The molecule has 0 aliphatic carbocycles. The van der Waals surface area contributed by atoms with Crippen molar-refractivity contribution < 1.29 is 9.90 Å². The Balaban J connectivity index is 2.40. The van der Waals surface area contributed by atoms with Crippen molar-refractivity contribution in [1.29, 1.82) is 0 Å². The zero-order valence-electron chi connectivity index (χ0n) is 12.7. The van der Waals surface area contributed by atoms with Crippen molar-refractivity contribution in [3.05, 3.63) is 34.3 Å². The van der Waals surface area contributed by atoms with Gasteiger partial charge in [-0.05, 0) is 55.0 Å². The number of halogens is 1. The Morgan fingerprint density at radius 3 is 2.76 bits per heavy atom. The van der Waals surface area contributed by atoms with E-state index in [0.29, 0.717) is 17.9 Å². The molecule has 1 aromatic rings. The van der Waals surface area contributed by atoms with Crippen LogP contribution in [0.2, 0.25) is 0 Å². The molecule has 4 heteroatoms. The second-order valence-electron chi connectivity index (χ2n) is 6.09. The molecule has 1 heterocycles. The molecule has 0 saturated carbocycles. The van der Waals surface area contributed by atoms with Crippen molar-refractivity contribution in [2.45, 2.75) is 33.2 Å². The van der Waals surface area contributed by atoms with Crippen molar-refractivity contribution in [1.82, 2.24) is 0 Å². The summed E-state index contributed by atoms with van der Waals surface area (Å²) in [6.07, 6.45) is 4.13. The predicted molar refractivity (Wildman–Crippen MR) is 90.6 cm³/mol. The van der Waals surface area contributed by atoms with Crippen molar-refractivity contribution in [3.8, 4) is 0 Å². The Bertz CT molecular complexity index is 556. The highest BCUT2D eigenvalue weighted by molar-refractivity contribution is 9.10. The lowest BCUT2D eigenvalue weighted by Crippen LogP contribution is -2.46. The van der Waals surface area contributed by atoms with E-state index in [1.165, 1.54) is 12.5 Å². The van der Waals surface area contributed by atoms with Crippen molar-refractivity contribution in [2.75, 3.05) is 11.4 Å². The molecule has 1 aliphatic rings. The van der Waals surface area contributed by atoms with Gasteiger partial charge in [0, 0.05) is 28.8 Å². The normalized spacial score (nSPS) is 26.3. The summed E-state index contributed by atoms with van der Waals surface area (Å²) in [5.74, 6) is 0.360. The second kappa shape index (κ2) is 6.65. The first kappa shape index (κ1) is 16.1. The van der Waals surface area contributed by atoms with Gasteiger partial charge in [-0.3, -0.25) is 0 Å². The molecule has 114 valence electrons. The Kier molecular flexibility index (Phi) is 5.09. The SMILES string of the molecule is CC1CC(C)C(C)N(c2ccc(Br)cc2/C=C/C(=O)O)C1. The van der Waals surface area contributed by atoms with Gasteiger partial charge in [-0.1, -0.05) is 29.8 Å². The van der Waals surface area contributed by atoms with E-state index >= 15 is 0 Å². The molecule has 2 rings (SSSR count). The number of piperidine rings is 1. The highest BCUT2D eigenvalue weighted by Crippen LogP contribution is 2.34. The van der Waals surface area contributed by atoms with Crippen LogP contribution in [0.4, 0.5) is 5.69 Å². The van der Waals surface area contributed by atoms with E-state index in [2.05, 4.69) is 47.7 Å². The average molecular weight is 352 g/mol. The Morgan fingerprint density at radius 1 is 1.38 bits per heavy atom. The van der Waals surface area contributed by atoms with Gasteiger partial charge in [0.25, 0.3) is 0 Å². The number of nitrogens with zero attached hydrogens (tertiary/aromatic N) is 1. The summed E-state index contributed by atoms with van der Waals surface area (Å²) in [6.45, 7) is 7.84. The van der Waals surface area contributed by atoms with Gasteiger partial charge < -0.3 is 10.0 Å². The lowest BCUT2D eigenvalue weighted by Gasteiger charge is -2.43. The number of anilines is 1. The van der Waals surface area contributed by atoms with Crippen LogP contribution in [-0.2, 0) is 4.79 Å². The van der Waals surface area contributed by atoms with Crippen LogP contribution >= 0.6 is 15.9 Å². The predicted octanol–water partition coefficient (Wildman–Crippen LogP) is 4.42. The first-order chi connectivity index (χ1) is 9.88. The van der Waals surface area contributed by atoms with Crippen LogP contribution in [0.1, 0.15) is 32.8 Å². The molecule has 0 amide bonds.